The summed E-state index contributed by atoms with van der Waals surface area (Å²) in [5, 5.41) is 17.4. The number of rotatable bonds is 13. The Hall–Kier alpha value is -8.37. The topological polar surface area (TPSA) is 200 Å². The number of nitrogens with one attached hydrogen (secondary N) is 3. The van der Waals surface area contributed by atoms with Gasteiger partial charge < -0.3 is 39.4 Å². The molecule has 0 saturated carbocycles. The van der Waals surface area contributed by atoms with Crippen LogP contribution in [0.15, 0.2) is 118 Å². The van der Waals surface area contributed by atoms with Crippen molar-refractivity contribution in [3.05, 3.63) is 154 Å². The number of methoxy groups -OCH3 is 2. The average molecular weight is 902 g/mol. The van der Waals surface area contributed by atoms with E-state index in [4.69, 9.17) is 30.1 Å². The second-order valence-corrected chi connectivity index (χ2v) is 15.7. The van der Waals surface area contributed by atoms with Crippen LogP contribution >= 0.6 is 11.6 Å². The average Bonchev–Trinajstić information content (AvgIpc) is 4.05. The lowest BCUT2D eigenvalue weighted by atomic mass is 10.0. The summed E-state index contributed by atoms with van der Waals surface area (Å²) >= 11 is 6.83. The standard InChI is InChI=1S/C49H40ClN9O7/c1-26-40(42(57-65-26)29-10-7-6-8-11-29)46(61)53-38-20-18-36(55-48(38)63-4)31-22-35(50)44(51-23-31)59(3)25-28-14-16-30(17-15-28)43-41(27(2)66-58-43)47(62)54-39-21-19-37(56-49(39)64-5)32-12-9-13-33-34(32)24-52-45(33)60/h6-23H,24-25H2,1-5H3,(H,52,60)(H,53,61)(H,54,62). The van der Waals surface area contributed by atoms with Crippen LogP contribution in [-0.4, -0.2) is 64.3 Å². The van der Waals surface area contributed by atoms with E-state index < -0.39 is 11.8 Å². The third-order valence-electron chi connectivity index (χ3n) is 11.1. The molecule has 5 aromatic heterocycles. The number of halogens is 1. The summed E-state index contributed by atoms with van der Waals surface area (Å²) < 4.78 is 22.1. The first-order valence-corrected chi connectivity index (χ1v) is 21.0. The molecule has 9 rings (SSSR count). The van der Waals surface area contributed by atoms with Crippen molar-refractivity contribution in [3.8, 4) is 56.8 Å². The predicted molar refractivity (Wildman–Crippen MR) is 248 cm³/mol. The zero-order valence-corrected chi connectivity index (χ0v) is 37.0. The van der Waals surface area contributed by atoms with Crippen LogP contribution in [0.4, 0.5) is 17.2 Å². The number of aryl methyl sites for hydroxylation is 2. The van der Waals surface area contributed by atoms with Gasteiger partial charge in [-0.1, -0.05) is 88.6 Å². The van der Waals surface area contributed by atoms with Gasteiger partial charge in [-0.05, 0) is 61.4 Å². The van der Waals surface area contributed by atoms with Crippen molar-refractivity contribution in [2.75, 3.05) is 36.8 Å². The molecular weight excluding hydrogens is 862 g/mol. The fraction of sp³-hybridized carbons (Fsp3) is 0.143. The molecule has 6 heterocycles. The Morgan fingerprint density at radius 1 is 0.727 bits per heavy atom. The van der Waals surface area contributed by atoms with E-state index in [1.807, 2.05) is 78.7 Å². The molecule has 330 valence electrons. The molecule has 0 aliphatic carbocycles. The molecule has 0 radical (unpaired) electrons. The van der Waals surface area contributed by atoms with Crippen LogP contribution in [0.5, 0.6) is 11.8 Å². The summed E-state index contributed by atoms with van der Waals surface area (Å²) in [4.78, 5) is 55.4. The first-order valence-electron chi connectivity index (χ1n) is 20.6. The minimum Gasteiger partial charge on any atom is -0.479 e. The van der Waals surface area contributed by atoms with Crippen molar-refractivity contribution < 1.29 is 32.9 Å². The van der Waals surface area contributed by atoms with Gasteiger partial charge in [-0.2, -0.15) is 0 Å². The normalized spacial score (nSPS) is 11.8. The lowest BCUT2D eigenvalue weighted by Crippen LogP contribution is -2.18. The summed E-state index contributed by atoms with van der Waals surface area (Å²) in [6.45, 7) is 4.21. The minimum absolute atomic E-state index is 0.126. The van der Waals surface area contributed by atoms with Crippen molar-refractivity contribution in [1.29, 1.82) is 0 Å². The van der Waals surface area contributed by atoms with E-state index in [9.17, 15) is 14.4 Å². The molecule has 0 atom stereocenters. The van der Waals surface area contributed by atoms with E-state index in [0.29, 0.717) is 91.9 Å². The number of benzene rings is 3. The SMILES string of the molecule is COc1nc(-c2cnc(N(C)Cc3ccc(-c4noc(C)c4C(=O)Nc4ccc(-c5cccc6c5CNC6=O)nc4OC)cc3)c(Cl)c2)ccc1NC(=O)c1c(-c2ccccc2)noc1C. The number of amides is 3. The Morgan fingerprint density at radius 2 is 1.30 bits per heavy atom. The zero-order valence-electron chi connectivity index (χ0n) is 36.2. The Balaban J connectivity index is 0.863. The second-order valence-electron chi connectivity index (χ2n) is 15.3. The number of aromatic nitrogens is 5. The van der Waals surface area contributed by atoms with Gasteiger partial charge in [0.05, 0.1) is 30.6 Å². The third-order valence-corrected chi connectivity index (χ3v) is 11.4. The maximum atomic E-state index is 13.8. The van der Waals surface area contributed by atoms with E-state index >= 15 is 0 Å². The maximum absolute atomic E-state index is 13.8. The molecule has 1 aliphatic heterocycles. The van der Waals surface area contributed by atoms with Gasteiger partial charge in [-0.15, -0.1) is 0 Å². The van der Waals surface area contributed by atoms with Gasteiger partial charge in [-0.3, -0.25) is 14.4 Å². The van der Waals surface area contributed by atoms with E-state index in [-0.39, 0.29) is 23.2 Å². The van der Waals surface area contributed by atoms with Crippen molar-refractivity contribution in [1.82, 2.24) is 30.6 Å². The van der Waals surface area contributed by atoms with E-state index in [1.54, 1.807) is 56.4 Å². The monoisotopic (exact) mass is 901 g/mol. The lowest BCUT2D eigenvalue weighted by Gasteiger charge is -2.20. The molecule has 17 heteroatoms. The van der Waals surface area contributed by atoms with Crippen LogP contribution in [-0.2, 0) is 13.1 Å². The highest BCUT2D eigenvalue weighted by atomic mass is 35.5. The Labute approximate surface area is 382 Å². The van der Waals surface area contributed by atoms with E-state index in [1.165, 1.54) is 14.2 Å². The fourth-order valence-electron chi connectivity index (χ4n) is 7.79. The Bertz CT molecular complexity index is 3170. The van der Waals surface area contributed by atoms with Gasteiger partial charge >= 0.3 is 0 Å². The lowest BCUT2D eigenvalue weighted by molar-refractivity contribution is 0.0963. The van der Waals surface area contributed by atoms with Crippen LogP contribution in [0, 0.1) is 13.8 Å². The summed E-state index contributed by atoms with van der Waals surface area (Å²) in [5.41, 5.74) is 8.47. The molecule has 1 aliphatic rings. The highest BCUT2D eigenvalue weighted by Gasteiger charge is 2.27. The van der Waals surface area contributed by atoms with Crippen LogP contribution in [0.2, 0.25) is 5.02 Å². The summed E-state index contributed by atoms with van der Waals surface area (Å²) in [5.74, 6) is 0.657. The number of anilines is 3. The number of carbonyl (C=O) groups is 3. The molecule has 16 nitrogen and oxygen atoms in total. The number of nitrogens with zero attached hydrogens (tertiary/aromatic N) is 6. The first kappa shape index (κ1) is 42.9. The van der Waals surface area contributed by atoms with Crippen LogP contribution in [0.3, 0.4) is 0 Å². The predicted octanol–water partition coefficient (Wildman–Crippen LogP) is 9.19. The van der Waals surface area contributed by atoms with Crippen LogP contribution in [0.1, 0.15) is 53.7 Å². The Morgan fingerprint density at radius 3 is 1.91 bits per heavy atom. The summed E-state index contributed by atoms with van der Waals surface area (Å²) in [7, 11) is 4.82. The first-order chi connectivity index (χ1) is 32.0. The van der Waals surface area contributed by atoms with Gasteiger partial charge in [0.2, 0.25) is 11.8 Å². The smallest absolute Gasteiger partial charge is 0.261 e. The quantitative estimate of drug-likeness (QED) is 0.0990. The molecule has 3 N–H and O–H groups in total. The van der Waals surface area contributed by atoms with Gasteiger partial charge in [0, 0.05) is 54.2 Å². The molecule has 0 bridgehead atoms. The van der Waals surface area contributed by atoms with Crippen LogP contribution < -0.4 is 30.3 Å². The number of hydrogen-bond acceptors (Lipinski definition) is 13. The van der Waals surface area contributed by atoms with Gasteiger partial charge in [0.1, 0.15) is 51.2 Å². The third kappa shape index (κ3) is 8.28. The minimum atomic E-state index is -0.452. The maximum Gasteiger partial charge on any atom is 0.261 e. The number of pyridine rings is 3. The highest BCUT2D eigenvalue weighted by molar-refractivity contribution is 6.33. The van der Waals surface area contributed by atoms with Crippen molar-refractivity contribution in [2.45, 2.75) is 26.9 Å². The van der Waals surface area contributed by atoms with Crippen molar-refractivity contribution in [3.63, 3.8) is 0 Å². The van der Waals surface area contributed by atoms with Crippen LogP contribution in [0.25, 0.3) is 45.0 Å². The summed E-state index contributed by atoms with van der Waals surface area (Å²) in [6, 6.07) is 31.1. The van der Waals surface area contributed by atoms with E-state index in [2.05, 4.69) is 41.2 Å². The van der Waals surface area contributed by atoms with Gasteiger partial charge in [-0.25, -0.2) is 15.0 Å². The Kier molecular flexibility index (Phi) is 11.7. The number of ether oxygens (including phenoxy) is 2. The molecule has 0 unspecified atom stereocenters. The molecule has 8 aromatic rings. The van der Waals surface area contributed by atoms with Crippen molar-refractivity contribution >= 4 is 46.5 Å². The largest absolute Gasteiger partial charge is 0.479 e. The highest BCUT2D eigenvalue weighted by Crippen LogP contribution is 2.36. The van der Waals surface area contributed by atoms with Gasteiger partial charge in [0.15, 0.2) is 0 Å². The van der Waals surface area contributed by atoms with Crippen molar-refractivity contribution in [2.24, 2.45) is 0 Å². The molecule has 3 aromatic carbocycles. The molecular formula is C49H40ClN9O7. The molecule has 0 spiro atoms. The number of hydrogen-bond donors (Lipinski definition) is 3. The zero-order chi connectivity index (χ0) is 46.1. The molecule has 0 fully saturated rings. The van der Waals surface area contributed by atoms with Gasteiger partial charge in [0.25, 0.3) is 17.7 Å². The van der Waals surface area contributed by atoms with E-state index in [0.717, 1.165) is 22.3 Å². The second kappa shape index (κ2) is 18.0. The molecule has 0 saturated heterocycles. The fourth-order valence-corrected chi connectivity index (χ4v) is 8.10. The molecule has 66 heavy (non-hydrogen) atoms. The number of fused-ring (bicyclic) bond motifs is 1. The number of carbonyl (C=O) groups excluding carboxylic acids is 3. The molecule has 3 amide bonds. The summed E-state index contributed by atoms with van der Waals surface area (Å²) in [6.07, 6.45) is 1.67.